The molecule has 0 saturated carbocycles. The van der Waals surface area contributed by atoms with E-state index in [1.54, 1.807) is 23.2 Å². The average Bonchev–Trinajstić information content (AvgIpc) is 3.49. The summed E-state index contributed by atoms with van der Waals surface area (Å²) in [6.07, 6.45) is 4.85. The third kappa shape index (κ3) is 9.12. The van der Waals surface area contributed by atoms with Crippen LogP contribution in [0.2, 0.25) is 20.4 Å². The summed E-state index contributed by atoms with van der Waals surface area (Å²) < 4.78 is 45.3. The molecule has 2 aromatic heterocycles. The molecule has 2 aromatic carbocycles. The van der Waals surface area contributed by atoms with E-state index in [0.717, 1.165) is 54.4 Å². The molecule has 6 rings (SSSR count). The average molecular weight is 833 g/mol. The van der Waals surface area contributed by atoms with Gasteiger partial charge in [-0.15, -0.1) is 0 Å². The Morgan fingerprint density at radius 1 is 0.792 bits per heavy atom. The number of nitrogens with one attached hydrogen (secondary N) is 3. The van der Waals surface area contributed by atoms with Gasteiger partial charge >= 0.3 is 0 Å². The molecule has 0 fully saturated rings. The summed E-state index contributed by atoms with van der Waals surface area (Å²) in [5.74, 6) is -1.75. The number of fused-ring (bicyclic) bond motifs is 2. The van der Waals surface area contributed by atoms with Gasteiger partial charge in [-0.2, -0.15) is 0 Å². The van der Waals surface area contributed by atoms with Gasteiger partial charge in [-0.25, -0.2) is 17.7 Å². The molecule has 2 heterocycles. The normalized spacial score (nSPS) is 17.1. The zero-order chi connectivity index (χ0) is 38.2. The Bertz CT molecular complexity index is 2060. The number of halogens is 6. The van der Waals surface area contributed by atoms with Crippen molar-refractivity contribution in [3.63, 3.8) is 0 Å². The van der Waals surface area contributed by atoms with E-state index in [1.165, 1.54) is 36.4 Å². The van der Waals surface area contributed by atoms with E-state index in [4.69, 9.17) is 52.1 Å². The van der Waals surface area contributed by atoms with E-state index < -0.39 is 27.4 Å². The van der Waals surface area contributed by atoms with Crippen molar-refractivity contribution in [2.45, 2.75) is 83.6 Å². The van der Waals surface area contributed by atoms with Crippen molar-refractivity contribution in [3.05, 3.63) is 102 Å². The summed E-state index contributed by atoms with van der Waals surface area (Å²) in [5.41, 5.74) is 11.3. The van der Waals surface area contributed by atoms with Crippen LogP contribution in [0.15, 0.2) is 36.4 Å². The number of nitrogens with two attached hydrogens (primary N) is 1. The quantitative estimate of drug-likeness (QED) is 0.155. The third-order valence-electron chi connectivity index (χ3n) is 9.10. The van der Waals surface area contributed by atoms with Crippen LogP contribution in [0.1, 0.15) is 109 Å². The van der Waals surface area contributed by atoms with Crippen LogP contribution in [-0.4, -0.2) is 29.9 Å². The Kier molecular flexibility index (Phi) is 13.9. The standard InChI is InChI=1S/C20H24Cl2FN3O2S.C16H16Cl2FN3O.CH4/c1-20(2,3)29(28)25-15-7-5-6-12-16(15)18(22)26(4)17(12)19(27)24-11-8-9-14(23)13(21)10-11;1-22-14(9-3-2-4-12(20)13(9)15(22)18)16(23)21-8-5-6-11(19)10(17)7-8;/h8-10,15,25H,5-7H2,1-4H3,(H,24,27);5-7,12H,2-4,20H2,1H3,(H,21,23);1H4/t15?,29-;;/m1../s1. The van der Waals surface area contributed by atoms with E-state index in [2.05, 4.69) is 15.4 Å². The van der Waals surface area contributed by atoms with Crippen LogP contribution in [0.5, 0.6) is 0 Å². The largest absolute Gasteiger partial charge is 0.330 e. The Labute approximate surface area is 331 Å². The van der Waals surface area contributed by atoms with Crippen LogP contribution < -0.4 is 21.1 Å². The molecule has 0 radical (unpaired) electrons. The van der Waals surface area contributed by atoms with Gasteiger partial charge in [0, 0.05) is 48.7 Å². The third-order valence-corrected chi connectivity index (χ3v) is 12.2. The fourth-order valence-corrected chi connectivity index (χ4v) is 8.38. The maximum absolute atomic E-state index is 13.4. The Morgan fingerprint density at radius 2 is 1.23 bits per heavy atom. The van der Waals surface area contributed by atoms with Crippen LogP contribution >= 0.6 is 46.4 Å². The van der Waals surface area contributed by atoms with Gasteiger partial charge in [0.25, 0.3) is 11.8 Å². The Hall–Kier alpha value is -2.97. The number of aromatic nitrogens is 2. The first-order valence-corrected chi connectivity index (χ1v) is 19.3. The number of rotatable bonds is 6. The Balaban J connectivity index is 0.000000238. The summed E-state index contributed by atoms with van der Waals surface area (Å²) >= 11 is 24.5. The lowest BCUT2D eigenvalue weighted by Crippen LogP contribution is -2.37. The number of hydrogen-bond donors (Lipinski definition) is 4. The number of benzene rings is 2. The highest BCUT2D eigenvalue weighted by atomic mass is 35.5. The molecule has 53 heavy (non-hydrogen) atoms. The molecule has 2 amide bonds. The van der Waals surface area contributed by atoms with E-state index in [-0.39, 0.29) is 41.4 Å². The maximum Gasteiger partial charge on any atom is 0.272 e. The van der Waals surface area contributed by atoms with Crippen LogP contribution in [0.3, 0.4) is 0 Å². The summed E-state index contributed by atoms with van der Waals surface area (Å²) in [6, 6.07) is 7.71. The van der Waals surface area contributed by atoms with Crippen molar-refractivity contribution in [2.75, 3.05) is 10.6 Å². The molecule has 0 saturated heterocycles. The fraction of sp³-hybridized carbons (Fsp3) is 0.405. The Morgan fingerprint density at radius 3 is 1.68 bits per heavy atom. The molecule has 2 aliphatic rings. The topological polar surface area (TPSA) is 123 Å². The second-order valence-corrected chi connectivity index (χ2v) is 17.3. The summed E-state index contributed by atoms with van der Waals surface area (Å²) in [7, 11) is 2.20. The van der Waals surface area contributed by atoms with E-state index in [0.29, 0.717) is 39.5 Å². The predicted molar refractivity (Wildman–Crippen MR) is 213 cm³/mol. The zero-order valence-electron chi connectivity index (χ0n) is 29.2. The van der Waals surface area contributed by atoms with Crippen molar-refractivity contribution in [1.82, 2.24) is 13.9 Å². The number of hydrogen-bond acceptors (Lipinski definition) is 4. The van der Waals surface area contributed by atoms with Crippen molar-refractivity contribution < 1.29 is 22.6 Å². The van der Waals surface area contributed by atoms with Crippen molar-refractivity contribution in [2.24, 2.45) is 19.8 Å². The van der Waals surface area contributed by atoms with Gasteiger partial charge in [-0.05, 0) is 107 Å². The maximum atomic E-state index is 13.4. The van der Waals surface area contributed by atoms with Gasteiger partial charge in [0.05, 0.1) is 25.8 Å². The lowest BCUT2D eigenvalue weighted by atomic mass is 9.90. The van der Waals surface area contributed by atoms with E-state index >= 15 is 0 Å². The molecule has 0 aliphatic heterocycles. The number of anilines is 2. The van der Waals surface area contributed by atoms with Crippen LogP contribution in [0, 0.1) is 11.6 Å². The van der Waals surface area contributed by atoms with Crippen LogP contribution in [-0.2, 0) is 37.9 Å². The predicted octanol–water partition coefficient (Wildman–Crippen LogP) is 9.85. The van der Waals surface area contributed by atoms with Gasteiger partial charge < -0.3 is 25.5 Å². The number of carbonyl (C=O) groups excluding carboxylic acids is 2. The van der Waals surface area contributed by atoms with Crippen LogP contribution in [0.25, 0.3) is 0 Å². The summed E-state index contributed by atoms with van der Waals surface area (Å²) in [6.45, 7) is 5.71. The lowest BCUT2D eigenvalue weighted by Gasteiger charge is -2.27. The monoisotopic (exact) mass is 830 g/mol. The minimum absolute atomic E-state index is 0. The minimum atomic E-state index is -1.26. The van der Waals surface area contributed by atoms with Crippen molar-refractivity contribution in [1.29, 1.82) is 0 Å². The number of carbonyl (C=O) groups is 2. The van der Waals surface area contributed by atoms with Crippen LogP contribution in [0.4, 0.5) is 20.2 Å². The van der Waals surface area contributed by atoms with Gasteiger partial charge in [-0.1, -0.05) is 53.8 Å². The second kappa shape index (κ2) is 17.2. The summed E-state index contributed by atoms with van der Waals surface area (Å²) in [5, 5.41) is 6.33. The van der Waals surface area contributed by atoms with Gasteiger partial charge in [0.2, 0.25) is 0 Å². The first-order chi connectivity index (χ1) is 24.4. The first kappa shape index (κ1) is 42.8. The fourth-order valence-electron chi connectivity index (χ4n) is 6.51. The number of nitrogens with zero attached hydrogens (tertiary/aromatic N) is 2. The highest BCUT2D eigenvalue weighted by Gasteiger charge is 2.34. The lowest BCUT2D eigenvalue weighted by molar-refractivity contribution is 0.101. The van der Waals surface area contributed by atoms with Gasteiger partial charge in [0.1, 0.15) is 33.3 Å². The van der Waals surface area contributed by atoms with E-state index in [9.17, 15) is 22.6 Å². The van der Waals surface area contributed by atoms with Crippen molar-refractivity contribution >= 4 is 80.6 Å². The molecule has 4 aromatic rings. The molecule has 16 heteroatoms. The molecule has 0 spiro atoms. The SMILES string of the molecule is C.Cn1c(Cl)c2c(c1C(=O)Nc1ccc(F)c(Cl)c1)CCCC2N.Cn1c(Cl)c2c(c1C(=O)Nc1ccc(F)c(Cl)c1)CCCC2N[S@](=O)C(C)(C)C. The minimum Gasteiger partial charge on any atom is -0.330 e. The first-order valence-electron chi connectivity index (χ1n) is 16.6. The van der Waals surface area contributed by atoms with Crippen molar-refractivity contribution in [3.8, 4) is 0 Å². The van der Waals surface area contributed by atoms with E-state index in [1.807, 2.05) is 20.8 Å². The molecular weight excluding hydrogens is 788 g/mol. The molecule has 288 valence electrons. The zero-order valence-corrected chi connectivity index (χ0v) is 33.1. The molecule has 9 nitrogen and oxygen atoms in total. The molecule has 0 bridgehead atoms. The highest BCUT2D eigenvalue weighted by Crippen LogP contribution is 2.40. The molecule has 5 N–H and O–H groups in total. The number of amides is 2. The second-order valence-electron chi connectivity index (χ2n) is 13.8. The highest BCUT2D eigenvalue weighted by molar-refractivity contribution is 7.84. The molecule has 2 aliphatic carbocycles. The van der Waals surface area contributed by atoms with Gasteiger partial charge in [0.15, 0.2) is 0 Å². The molecule has 3 atom stereocenters. The summed E-state index contributed by atoms with van der Waals surface area (Å²) in [4.78, 5) is 25.7. The smallest absolute Gasteiger partial charge is 0.272 e. The molecule has 2 unspecified atom stereocenters. The molecular formula is C37H44Cl4F2N6O3S. The van der Waals surface area contributed by atoms with Gasteiger partial charge in [-0.3, -0.25) is 9.59 Å².